The molecule has 2 rings (SSSR count). The van der Waals surface area contributed by atoms with E-state index in [9.17, 15) is 0 Å². The van der Waals surface area contributed by atoms with Crippen LogP contribution in [0.1, 0.15) is 28.3 Å². The first kappa shape index (κ1) is 13.3. The molecule has 1 unspecified atom stereocenters. The van der Waals surface area contributed by atoms with E-state index >= 15 is 0 Å². The zero-order valence-corrected chi connectivity index (χ0v) is 12.2. The number of aryl methyl sites for hydroxylation is 2. The predicted molar refractivity (Wildman–Crippen MR) is 79.2 cm³/mol. The van der Waals surface area contributed by atoms with Crippen molar-refractivity contribution in [3.8, 4) is 0 Å². The van der Waals surface area contributed by atoms with Crippen molar-refractivity contribution in [3.05, 3.63) is 69.2 Å². The molecule has 0 amide bonds. The van der Waals surface area contributed by atoms with Gasteiger partial charge in [-0.15, -0.1) is 0 Å². The van der Waals surface area contributed by atoms with Gasteiger partial charge < -0.3 is 0 Å². The number of rotatable bonds is 3. The van der Waals surface area contributed by atoms with Crippen molar-refractivity contribution in [1.29, 1.82) is 0 Å². The van der Waals surface area contributed by atoms with Gasteiger partial charge in [-0.3, -0.25) is 5.84 Å². The average molecular weight is 305 g/mol. The SMILES string of the molecule is Cc1ccc(C(NN)c2ccc(Br)cc2C)cc1. The molecule has 2 nitrogen and oxygen atoms in total. The average Bonchev–Trinajstić information content (AvgIpc) is 2.35. The Labute approximate surface area is 116 Å². The highest BCUT2D eigenvalue weighted by Gasteiger charge is 2.14. The van der Waals surface area contributed by atoms with Crippen molar-refractivity contribution in [2.75, 3.05) is 0 Å². The fraction of sp³-hybridized carbons (Fsp3) is 0.200. The van der Waals surface area contributed by atoms with E-state index in [1.807, 2.05) is 6.07 Å². The Morgan fingerprint density at radius 1 is 1.06 bits per heavy atom. The molecule has 0 radical (unpaired) electrons. The smallest absolute Gasteiger partial charge is 0.0712 e. The molecule has 0 aromatic heterocycles. The third-order valence-corrected chi connectivity index (χ3v) is 3.61. The number of hydrogen-bond acceptors (Lipinski definition) is 2. The van der Waals surface area contributed by atoms with Gasteiger partial charge in [0.25, 0.3) is 0 Å². The van der Waals surface area contributed by atoms with E-state index in [1.54, 1.807) is 0 Å². The van der Waals surface area contributed by atoms with Crippen molar-refractivity contribution >= 4 is 15.9 Å². The summed E-state index contributed by atoms with van der Waals surface area (Å²) in [6.07, 6.45) is 0. The van der Waals surface area contributed by atoms with Gasteiger partial charge in [0.2, 0.25) is 0 Å². The Hall–Kier alpha value is -1.16. The summed E-state index contributed by atoms with van der Waals surface area (Å²) in [6, 6.07) is 14.7. The topological polar surface area (TPSA) is 38.0 Å². The minimum absolute atomic E-state index is 0.0266. The molecule has 18 heavy (non-hydrogen) atoms. The Morgan fingerprint density at radius 2 is 1.72 bits per heavy atom. The van der Waals surface area contributed by atoms with Crippen LogP contribution < -0.4 is 11.3 Å². The second-order valence-electron chi connectivity index (χ2n) is 4.51. The van der Waals surface area contributed by atoms with E-state index in [0.29, 0.717) is 0 Å². The van der Waals surface area contributed by atoms with Gasteiger partial charge in [-0.2, -0.15) is 0 Å². The number of nitrogens with one attached hydrogen (secondary N) is 1. The maximum Gasteiger partial charge on any atom is 0.0712 e. The van der Waals surface area contributed by atoms with Gasteiger partial charge in [0.1, 0.15) is 0 Å². The van der Waals surface area contributed by atoms with Crippen molar-refractivity contribution in [2.45, 2.75) is 19.9 Å². The lowest BCUT2D eigenvalue weighted by Crippen LogP contribution is -2.29. The van der Waals surface area contributed by atoms with Gasteiger partial charge in [0.15, 0.2) is 0 Å². The second kappa shape index (κ2) is 5.65. The lowest BCUT2D eigenvalue weighted by atomic mass is 9.95. The third-order valence-electron chi connectivity index (χ3n) is 3.12. The summed E-state index contributed by atoms with van der Waals surface area (Å²) in [7, 11) is 0. The summed E-state index contributed by atoms with van der Waals surface area (Å²) in [6.45, 7) is 4.18. The molecule has 0 saturated heterocycles. The molecule has 94 valence electrons. The van der Waals surface area contributed by atoms with Crippen LogP contribution in [-0.2, 0) is 0 Å². The molecule has 2 aromatic rings. The molecule has 0 heterocycles. The first-order chi connectivity index (χ1) is 8.61. The van der Waals surface area contributed by atoms with Gasteiger partial charge in [0, 0.05) is 4.47 Å². The normalized spacial score (nSPS) is 12.4. The first-order valence-electron chi connectivity index (χ1n) is 5.90. The Balaban J connectivity index is 2.41. The molecule has 1 atom stereocenters. The maximum absolute atomic E-state index is 5.72. The minimum Gasteiger partial charge on any atom is -0.271 e. The summed E-state index contributed by atoms with van der Waals surface area (Å²) in [5.41, 5.74) is 7.74. The van der Waals surface area contributed by atoms with Crippen LogP contribution in [0.5, 0.6) is 0 Å². The van der Waals surface area contributed by atoms with Gasteiger partial charge in [-0.05, 0) is 42.7 Å². The molecular weight excluding hydrogens is 288 g/mol. The maximum atomic E-state index is 5.72. The van der Waals surface area contributed by atoms with Gasteiger partial charge in [0.05, 0.1) is 6.04 Å². The monoisotopic (exact) mass is 304 g/mol. The number of benzene rings is 2. The van der Waals surface area contributed by atoms with E-state index in [0.717, 1.165) is 4.47 Å². The molecule has 0 bridgehead atoms. The summed E-state index contributed by atoms with van der Waals surface area (Å²) >= 11 is 3.48. The second-order valence-corrected chi connectivity index (χ2v) is 5.43. The summed E-state index contributed by atoms with van der Waals surface area (Å²) in [4.78, 5) is 0. The molecule has 0 aliphatic heterocycles. The molecule has 2 aromatic carbocycles. The van der Waals surface area contributed by atoms with E-state index in [2.05, 4.69) is 71.6 Å². The van der Waals surface area contributed by atoms with Crippen LogP contribution in [0.25, 0.3) is 0 Å². The number of nitrogens with two attached hydrogens (primary N) is 1. The van der Waals surface area contributed by atoms with E-state index in [4.69, 9.17) is 5.84 Å². The summed E-state index contributed by atoms with van der Waals surface area (Å²) in [5.74, 6) is 5.72. The summed E-state index contributed by atoms with van der Waals surface area (Å²) < 4.78 is 1.09. The Bertz CT molecular complexity index is 535. The lowest BCUT2D eigenvalue weighted by Gasteiger charge is -2.19. The first-order valence-corrected chi connectivity index (χ1v) is 6.70. The highest BCUT2D eigenvalue weighted by Crippen LogP contribution is 2.26. The zero-order chi connectivity index (χ0) is 13.1. The van der Waals surface area contributed by atoms with Crippen LogP contribution in [-0.4, -0.2) is 0 Å². The Morgan fingerprint density at radius 3 is 2.28 bits per heavy atom. The van der Waals surface area contributed by atoms with Gasteiger partial charge >= 0.3 is 0 Å². The molecule has 0 fully saturated rings. The molecule has 0 spiro atoms. The lowest BCUT2D eigenvalue weighted by molar-refractivity contribution is 0.633. The van der Waals surface area contributed by atoms with Gasteiger partial charge in [-0.25, -0.2) is 5.43 Å². The van der Waals surface area contributed by atoms with Crippen LogP contribution >= 0.6 is 15.9 Å². The molecule has 0 aliphatic rings. The minimum atomic E-state index is 0.0266. The summed E-state index contributed by atoms with van der Waals surface area (Å²) in [5, 5.41) is 0. The van der Waals surface area contributed by atoms with Crippen LogP contribution in [0, 0.1) is 13.8 Å². The number of hydrazine groups is 1. The zero-order valence-electron chi connectivity index (χ0n) is 10.6. The van der Waals surface area contributed by atoms with Crippen molar-refractivity contribution in [3.63, 3.8) is 0 Å². The van der Waals surface area contributed by atoms with E-state index in [1.165, 1.54) is 22.3 Å². The fourth-order valence-corrected chi connectivity index (χ4v) is 2.56. The molecule has 3 N–H and O–H groups in total. The van der Waals surface area contributed by atoms with Crippen LogP contribution in [0.4, 0.5) is 0 Å². The van der Waals surface area contributed by atoms with Crippen molar-refractivity contribution in [1.82, 2.24) is 5.43 Å². The fourth-order valence-electron chi connectivity index (χ4n) is 2.09. The largest absolute Gasteiger partial charge is 0.271 e. The highest BCUT2D eigenvalue weighted by atomic mass is 79.9. The quantitative estimate of drug-likeness (QED) is 0.671. The van der Waals surface area contributed by atoms with Crippen LogP contribution in [0.2, 0.25) is 0 Å². The van der Waals surface area contributed by atoms with Crippen molar-refractivity contribution < 1.29 is 0 Å². The molecular formula is C15H17BrN2. The predicted octanol–water partition coefficient (Wildman–Crippen LogP) is 3.62. The van der Waals surface area contributed by atoms with Crippen LogP contribution in [0.3, 0.4) is 0 Å². The highest BCUT2D eigenvalue weighted by molar-refractivity contribution is 9.10. The number of hydrogen-bond donors (Lipinski definition) is 2. The van der Waals surface area contributed by atoms with E-state index in [-0.39, 0.29) is 6.04 Å². The molecule has 3 heteroatoms. The molecule has 0 saturated carbocycles. The van der Waals surface area contributed by atoms with Gasteiger partial charge in [-0.1, -0.05) is 51.8 Å². The Kier molecular flexibility index (Phi) is 4.17. The number of halogens is 1. The third kappa shape index (κ3) is 2.80. The standard InChI is InChI=1S/C15H17BrN2/c1-10-3-5-12(6-4-10)15(18-17)14-8-7-13(16)9-11(14)2/h3-9,15,18H,17H2,1-2H3. The van der Waals surface area contributed by atoms with Crippen molar-refractivity contribution in [2.24, 2.45) is 5.84 Å². The van der Waals surface area contributed by atoms with Crippen LogP contribution in [0.15, 0.2) is 46.9 Å². The molecule has 0 aliphatic carbocycles. The van der Waals surface area contributed by atoms with E-state index < -0.39 is 0 Å².